The zero-order chi connectivity index (χ0) is 11.6. The zero-order valence-corrected chi connectivity index (χ0v) is 9.58. The maximum atomic E-state index is 11.6. The van der Waals surface area contributed by atoms with Gasteiger partial charge in [0.25, 0.3) is 0 Å². The van der Waals surface area contributed by atoms with Gasteiger partial charge in [-0.25, -0.2) is 8.42 Å². The quantitative estimate of drug-likeness (QED) is 0.765. The fourth-order valence-electron chi connectivity index (χ4n) is 1.09. The van der Waals surface area contributed by atoms with Gasteiger partial charge in [-0.05, 0) is 19.9 Å². The predicted molar refractivity (Wildman–Crippen MR) is 60.3 cm³/mol. The van der Waals surface area contributed by atoms with Crippen molar-refractivity contribution in [3.8, 4) is 5.75 Å². The van der Waals surface area contributed by atoms with Crippen LogP contribution in [-0.4, -0.2) is 18.8 Å². The standard InChI is InChI=1S/C10H15NO3S/c1-7(2)15(13,14)6-8-3-4-9(11)5-10(8)12/h3-5,7,12H,6,11H2,1-2H3. The van der Waals surface area contributed by atoms with Crippen LogP contribution in [0.5, 0.6) is 5.75 Å². The summed E-state index contributed by atoms with van der Waals surface area (Å²) in [5.74, 6) is -0.226. The summed E-state index contributed by atoms with van der Waals surface area (Å²) in [5.41, 5.74) is 6.24. The van der Waals surface area contributed by atoms with Crippen molar-refractivity contribution in [2.45, 2.75) is 24.9 Å². The van der Waals surface area contributed by atoms with Gasteiger partial charge in [0.05, 0.1) is 11.0 Å². The maximum absolute atomic E-state index is 11.6. The SMILES string of the molecule is CC(C)S(=O)(=O)Cc1ccc(N)cc1O. The molecule has 0 saturated carbocycles. The van der Waals surface area contributed by atoms with E-state index in [-0.39, 0.29) is 11.5 Å². The third-order valence-electron chi connectivity index (χ3n) is 2.18. The summed E-state index contributed by atoms with van der Waals surface area (Å²) in [4.78, 5) is 0. The average molecular weight is 229 g/mol. The molecule has 0 amide bonds. The van der Waals surface area contributed by atoms with E-state index >= 15 is 0 Å². The van der Waals surface area contributed by atoms with E-state index in [1.807, 2.05) is 0 Å². The van der Waals surface area contributed by atoms with Crippen molar-refractivity contribution < 1.29 is 13.5 Å². The Labute approximate surface area is 89.7 Å². The van der Waals surface area contributed by atoms with E-state index in [2.05, 4.69) is 0 Å². The van der Waals surface area contributed by atoms with E-state index in [0.717, 1.165) is 0 Å². The number of nitrogen functional groups attached to an aromatic ring is 1. The lowest BCUT2D eigenvalue weighted by atomic mass is 10.2. The molecule has 0 saturated heterocycles. The van der Waals surface area contributed by atoms with E-state index < -0.39 is 15.1 Å². The minimum Gasteiger partial charge on any atom is -0.508 e. The number of hydrogen-bond acceptors (Lipinski definition) is 4. The van der Waals surface area contributed by atoms with Gasteiger partial charge in [-0.15, -0.1) is 0 Å². The molecule has 0 heterocycles. The van der Waals surface area contributed by atoms with Gasteiger partial charge in [0.15, 0.2) is 9.84 Å². The Balaban J connectivity index is 3.01. The van der Waals surface area contributed by atoms with Crippen LogP contribution in [-0.2, 0) is 15.6 Å². The lowest BCUT2D eigenvalue weighted by Crippen LogP contribution is -2.16. The van der Waals surface area contributed by atoms with Gasteiger partial charge in [-0.1, -0.05) is 6.07 Å². The number of hydrogen-bond donors (Lipinski definition) is 2. The maximum Gasteiger partial charge on any atom is 0.156 e. The summed E-state index contributed by atoms with van der Waals surface area (Å²) >= 11 is 0. The number of phenols is 1. The Morgan fingerprint density at radius 2 is 2.00 bits per heavy atom. The number of benzene rings is 1. The van der Waals surface area contributed by atoms with Gasteiger partial charge in [-0.2, -0.15) is 0 Å². The van der Waals surface area contributed by atoms with Gasteiger partial charge >= 0.3 is 0 Å². The lowest BCUT2D eigenvalue weighted by molar-refractivity contribution is 0.470. The molecular formula is C10H15NO3S. The highest BCUT2D eigenvalue weighted by Crippen LogP contribution is 2.23. The Hall–Kier alpha value is -1.23. The van der Waals surface area contributed by atoms with Crippen molar-refractivity contribution in [3.63, 3.8) is 0 Å². The van der Waals surface area contributed by atoms with E-state index in [4.69, 9.17) is 5.73 Å². The highest BCUT2D eigenvalue weighted by molar-refractivity contribution is 7.91. The molecule has 0 bridgehead atoms. The molecule has 4 nitrogen and oxygen atoms in total. The van der Waals surface area contributed by atoms with Crippen LogP contribution in [0.3, 0.4) is 0 Å². The van der Waals surface area contributed by atoms with Crippen LogP contribution >= 0.6 is 0 Å². The van der Waals surface area contributed by atoms with Crippen LogP contribution in [0.25, 0.3) is 0 Å². The molecule has 0 aliphatic rings. The second kappa shape index (κ2) is 4.10. The highest BCUT2D eigenvalue weighted by atomic mass is 32.2. The second-order valence-corrected chi connectivity index (χ2v) is 6.30. The molecule has 0 aliphatic carbocycles. The molecule has 1 aromatic rings. The van der Waals surface area contributed by atoms with Crippen LogP contribution in [0.4, 0.5) is 5.69 Å². The molecule has 15 heavy (non-hydrogen) atoms. The second-order valence-electron chi connectivity index (χ2n) is 3.74. The summed E-state index contributed by atoms with van der Waals surface area (Å²) in [5, 5.41) is 9.04. The Kier molecular flexibility index (Phi) is 3.24. The van der Waals surface area contributed by atoms with E-state index in [1.54, 1.807) is 19.9 Å². The van der Waals surface area contributed by atoms with Crippen LogP contribution in [0.2, 0.25) is 0 Å². The summed E-state index contributed by atoms with van der Waals surface area (Å²) < 4.78 is 23.2. The Morgan fingerprint density at radius 3 is 2.47 bits per heavy atom. The van der Waals surface area contributed by atoms with Gasteiger partial charge in [0.2, 0.25) is 0 Å². The Morgan fingerprint density at radius 1 is 1.40 bits per heavy atom. The van der Waals surface area contributed by atoms with E-state index in [9.17, 15) is 13.5 Å². The van der Waals surface area contributed by atoms with Crippen LogP contribution in [0.1, 0.15) is 19.4 Å². The van der Waals surface area contributed by atoms with Crippen molar-refractivity contribution in [3.05, 3.63) is 23.8 Å². The number of aromatic hydroxyl groups is 1. The summed E-state index contributed by atoms with van der Waals surface area (Å²) in [6.07, 6.45) is 0. The zero-order valence-electron chi connectivity index (χ0n) is 8.77. The molecule has 0 radical (unpaired) electrons. The first-order valence-electron chi connectivity index (χ1n) is 4.62. The van der Waals surface area contributed by atoms with Crippen LogP contribution in [0, 0.1) is 0 Å². The molecule has 0 unspecified atom stereocenters. The molecule has 0 fully saturated rings. The van der Waals surface area contributed by atoms with E-state index in [1.165, 1.54) is 12.1 Å². The lowest BCUT2D eigenvalue weighted by Gasteiger charge is -2.09. The molecule has 0 aliphatic heterocycles. The average Bonchev–Trinajstić information content (AvgIpc) is 2.09. The van der Waals surface area contributed by atoms with Gasteiger partial charge < -0.3 is 10.8 Å². The summed E-state index contributed by atoms with van der Waals surface area (Å²) in [6, 6.07) is 4.46. The topological polar surface area (TPSA) is 80.4 Å². The molecule has 5 heteroatoms. The van der Waals surface area contributed by atoms with E-state index in [0.29, 0.717) is 11.3 Å². The monoisotopic (exact) mass is 229 g/mol. The number of sulfone groups is 1. The Bertz CT molecular complexity index is 452. The molecule has 1 rings (SSSR count). The first kappa shape index (κ1) is 11.8. The number of rotatable bonds is 3. The summed E-state index contributed by atoms with van der Waals surface area (Å²) in [7, 11) is -3.19. The molecule has 0 spiro atoms. The highest BCUT2D eigenvalue weighted by Gasteiger charge is 2.18. The summed E-state index contributed by atoms with van der Waals surface area (Å²) in [6.45, 7) is 3.23. The largest absolute Gasteiger partial charge is 0.508 e. The third kappa shape index (κ3) is 2.86. The number of nitrogens with two attached hydrogens (primary N) is 1. The number of anilines is 1. The van der Waals surface area contributed by atoms with Gasteiger partial charge in [0, 0.05) is 17.3 Å². The van der Waals surface area contributed by atoms with Crippen molar-refractivity contribution in [1.82, 2.24) is 0 Å². The third-order valence-corrected chi connectivity index (χ3v) is 4.33. The molecule has 0 atom stereocenters. The fraction of sp³-hybridized carbons (Fsp3) is 0.400. The van der Waals surface area contributed by atoms with Crippen LogP contribution < -0.4 is 5.73 Å². The molecule has 84 valence electrons. The molecular weight excluding hydrogens is 214 g/mol. The first-order chi connectivity index (χ1) is 6.83. The van der Waals surface area contributed by atoms with Crippen molar-refractivity contribution in [1.29, 1.82) is 0 Å². The first-order valence-corrected chi connectivity index (χ1v) is 6.33. The normalized spacial score (nSPS) is 11.9. The number of phenolic OH excluding ortho intramolecular Hbond substituents is 1. The minimum absolute atomic E-state index is 0.0702. The molecule has 0 aromatic heterocycles. The molecule has 1 aromatic carbocycles. The van der Waals surface area contributed by atoms with Crippen LogP contribution in [0.15, 0.2) is 18.2 Å². The van der Waals surface area contributed by atoms with Crippen molar-refractivity contribution in [2.75, 3.05) is 5.73 Å². The van der Waals surface area contributed by atoms with Crippen molar-refractivity contribution >= 4 is 15.5 Å². The predicted octanol–water partition coefficient (Wildman–Crippen LogP) is 1.30. The van der Waals surface area contributed by atoms with Gasteiger partial charge in [-0.3, -0.25) is 0 Å². The molecule has 3 N–H and O–H groups in total. The minimum atomic E-state index is -3.19. The fourth-order valence-corrected chi connectivity index (χ4v) is 2.10. The smallest absolute Gasteiger partial charge is 0.156 e. The van der Waals surface area contributed by atoms with Crippen molar-refractivity contribution in [2.24, 2.45) is 0 Å². The van der Waals surface area contributed by atoms with Gasteiger partial charge in [0.1, 0.15) is 5.75 Å².